The Morgan fingerprint density at radius 3 is 2.41 bits per heavy atom. The van der Waals surface area contributed by atoms with Crippen molar-refractivity contribution in [2.24, 2.45) is 0 Å². The van der Waals surface area contributed by atoms with E-state index in [1.807, 2.05) is 0 Å². The summed E-state index contributed by atoms with van der Waals surface area (Å²) < 4.78 is 10.6. The third-order valence-electron chi connectivity index (χ3n) is 5.18. The van der Waals surface area contributed by atoms with Crippen molar-refractivity contribution in [3.8, 4) is 0 Å². The zero-order valence-electron chi connectivity index (χ0n) is 18.4. The van der Waals surface area contributed by atoms with Gasteiger partial charge in [-0.2, -0.15) is 0 Å². The summed E-state index contributed by atoms with van der Waals surface area (Å²) >= 11 is 0. The van der Waals surface area contributed by atoms with Crippen LogP contribution < -0.4 is 5.32 Å². The van der Waals surface area contributed by atoms with Crippen LogP contribution >= 0.6 is 0 Å². The molecule has 2 aliphatic heterocycles. The second-order valence-corrected chi connectivity index (χ2v) is 8.92. The van der Waals surface area contributed by atoms with Gasteiger partial charge >= 0.3 is 12.2 Å². The maximum absolute atomic E-state index is 12.7. The van der Waals surface area contributed by atoms with Crippen LogP contribution in [-0.4, -0.2) is 70.1 Å². The summed E-state index contributed by atoms with van der Waals surface area (Å²) in [6, 6.07) is 4.91. The van der Waals surface area contributed by atoms with Gasteiger partial charge in [-0.15, -0.1) is 0 Å². The molecule has 1 aromatic rings. The molecular weight excluding hydrogens is 420 g/mol. The van der Waals surface area contributed by atoms with Crippen LogP contribution in [0.25, 0.3) is 0 Å². The van der Waals surface area contributed by atoms with Crippen LogP contribution in [0.3, 0.4) is 0 Å². The average Bonchev–Trinajstić information content (AvgIpc) is 3.17. The van der Waals surface area contributed by atoms with E-state index < -0.39 is 28.8 Å². The third-order valence-corrected chi connectivity index (χ3v) is 5.18. The molecule has 0 unspecified atom stereocenters. The number of amides is 3. The van der Waals surface area contributed by atoms with Crippen LogP contribution in [0.1, 0.15) is 39.2 Å². The van der Waals surface area contributed by atoms with Gasteiger partial charge in [-0.3, -0.25) is 19.8 Å². The standard InChI is InChI=1S/C21H28N4O7/c1-21(2,3)32-19(27)23-11-15(12-23)22-18(26)17-5-4-10-24(17)20(28)31-13-14-6-8-16(9-7-14)25(29)30/h6-9,15,17H,4-5,10-13H2,1-3H3,(H,22,26)/t17-/m1/s1. The van der Waals surface area contributed by atoms with Gasteiger partial charge in [-0.25, -0.2) is 9.59 Å². The lowest BCUT2D eigenvalue weighted by Gasteiger charge is -2.40. The molecule has 174 valence electrons. The SMILES string of the molecule is CC(C)(C)OC(=O)N1CC(NC(=O)[C@H]2CCCN2C(=O)OCc2ccc([N+](=O)[O-])cc2)C1. The van der Waals surface area contributed by atoms with Gasteiger partial charge in [0.2, 0.25) is 5.91 Å². The van der Waals surface area contributed by atoms with E-state index in [9.17, 15) is 24.5 Å². The van der Waals surface area contributed by atoms with Crippen LogP contribution in [-0.2, 0) is 20.9 Å². The van der Waals surface area contributed by atoms with Crippen molar-refractivity contribution in [1.29, 1.82) is 0 Å². The highest BCUT2D eigenvalue weighted by Crippen LogP contribution is 2.21. The lowest BCUT2D eigenvalue weighted by Crippen LogP contribution is -2.63. The molecule has 11 heteroatoms. The maximum Gasteiger partial charge on any atom is 0.410 e. The minimum atomic E-state index is -0.630. The van der Waals surface area contributed by atoms with Crippen LogP contribution in [0.4, 0.5) is 15.3 Å². The van der Waals surface area contributed by atoms with Crippen molar-refractivity contribution in [1.82, 2.24) is 15.1 Å². The monoisotopic (exact) mass is 448 g/mol. The molecule has 1 N–H and O–H groups in total. The Balaban J connectivity index is 1.45. The predicted molar refractivity (Wildman–Crippen MR) is 113 cm³/mol. The molecule has 0 aromatic heterocycles. The first-order valence-corrected chi connectivity index (χ1v) is 10.5. The fourth-order valence-electron chi connectivity index (χ4n) is 3.54. The highest BCUT2D eigenvalue weighted by Gasteiger charge is 2.39. The number of nitro benzene ring substituents is 1. The number of nitrogens with zero attached hydrogens (tertiary/aromatic N) is 3. The molecule has 0 radical (unpaired) electrons. The molecule has 0 saturated carbocycles. The summed E-state index contributed by atoms with van der Waals surface area (Å²) in [6.07, 6.45) is 0.186. The first-order valence-electron chi connectivity index (χ1n) is 10.5. The van der Waals surface area contributed by atoms with E-state index >= 15 is 0 Å². The van der Waals surface area contributed by atoms with E-state index in [-0.39, 0.29) is 24.2 Å². The van der Waals surface area contributed by atoms with Gasteiger partial charge in [0.05, 0.1) is 11.0 Å². The molecule has 3 amide bonds. The maximum atomic E-state index is 12.7. The number of nitro groups is 1. The summed E-state index contributed by atoms with van der Waals surface area (Å²) in [7, 11) is 0. The molecule has 1 atom stereocenters. The van der Waals surface area contributed by atoms with Crippen molar-refractivity contribution >= 4 is 23.8 Å². The number of carbonyl (C=O) groups is 3. The first-order chi connectivity index (χ1) is 15.0. The van der Waals surface area contributed by atoms with Gasteiger partial charge in [0.15, 0.2) is 0 Å². The van der Waals surface area contributed by atoms with E-state index in [4.69, 9.17) is 9.47 Å². The Labute approximate surface area is 185 Å². The summed E-state index contributed by atoms with van der Waals surface area (Å²) in [5.74, 6) is -0.274. The second-order valence-electron chi connectivity index (χ2n) is 8.92. The number of likely N-dealkylation sites (tertiary alicyclic amines) is 2. The lowest BCUT2D eigenvalue weighted by atomic mass is 10.1. The van der Waals surface area contributed by atoms with Crippen molar-refractivity contribution in [2.45, 2.75) is 57.9 Å². The molecule has 2 saturated heterocycles. The molecule has 1 aromatic carbocycles. The normalized spacial score (nSPS) is 18.7. The number of hydrogen-bond donors (Lipinski definition) is 1. The van der Waals surface area contributed by atoms with E-state index in [2.05, 4.69) is 5.32 Å². The summed E-state index contributed by atoms with van der Waals surface area (Å²) in [5.41, 5.74) is -0.0108. The highest BCUT2D eigenvalue weighted by atomic mass is 16.6. The minimum Gasteiger partial charge on any atom is -0.445 e. The largest absolute Gasteiger partial charge is 0.445 e. The number of rotatable bonds is 5. The zero-order chi connectivity index (χ0) is 23.5. The van der Waals surface area contributed by atoms with Gasteiger partial charge in [0, 0.05) is 31.8 Å². The Morgan fingerprint density at radius 2 is 1.81 bits per heavy atom. The Morgan fingerprint density at radius 1 is 1.16 bits per heavy atom. The van der Waals surface area contributed by atoms with Crippen LogP contribution in [0.2, 0.25) is 0 Å². The molecule has 0 bridgehead atoms. The first kappa shape index (κ1) is 23.3. The Kier molecular flexibility index (Phi) is 6.85. The third kappa shape index (κ3) is 5.86. The molecule has 11 nitrogen and oxygen atoms in total. The van der Waals surface area contributed by atoms with Gasteiger partial charge in [-0.1, -0.05) is 0 Å². The van der Waals surface area contributed by atoms with Gasteiger partial charge in [0.1, 0.15) is 18.2 Å². The zero-order valence-corrected chi connectivity index (χ0v) is 18.4. The van der Waals surface area contributed by atoms with Crippen LogP contribution in [0.5, 0.6) is 0 Å². The second kappa shape index (κ2) is 9.41. The van der Waals surface area contributed by atoms with Gasteiger partial charge < -0.3 is 19.7 Å². The van der Waals surface area contributed by atoms with Crippen LogP contribution in [0, 0.1) is 10.1 Å². The molecule has 2 aliphatic rings. The van der Waals surface area contributed by atoms with Crippen molar-refractivity contribution in [3.05, 3.63) is 39.9 Å². The molecule has 3 rings (SSSR count). The van der Waals surface area contributed by atoms with Crippen molar-refractivity contribution in [3.63, 3.8) is 0 Å². The average molecular weight is 448 g/mol. The number of ether oxygens (including phenoxy) is 2. The quantitative estimate of drug-likeness (QED) is 0.540. The number of non-ortho nitro benzene ring substituents is 1. The fourth-order valence-corrected chi connectivity index (χ4v) is 3.54. The number of carbonyl (C=O) groups excluding carboxylic acids is 3. The van der Waals surface area contributed by atoms with Crippen LogP contribution in [0.15, 0.2) is 24.3 Å². The predicted octanol–water partition coefficient (Wildman–Crippen LogP) is 2.43. The van der Waals surface area contributed by atoms with Crippen molar-refractivity contribution in [2.75, 3.05) is 19.6 Å². The van der Waals surface area contributed by atoms with E-state index in [0.29, 0.717) is 38.0 Å². The summed E-state index contributed by atoms with van der Waals surface area (Å²) in [6.45, 7) is 6.45. The van der Waals surface area contributed by atoms with Crippen molar-refractivity contribution < 1.29 is 28.8 Å². The smallest absolute Gasteiger partial charge is 0.410 e. The molecular formula is C21H28N4O7. The number of benzene rings is 1. The number of nitrogens with one attached hydrogen (secondary N) is 1. The molecule has 0 spiro atoms. The Bertz CT molecular complexity index is 875. The van der Waals surface area contributed by atoms with Gasteiger partial charge in [-0.05, 0) is 51.3 Å². The molecule has 0 aliphatic carbocycles. The molecule has 2 fully saturated rings. The highest BCUT2D eigenvalue weighted by molar-refractivity contribution is 5.86. The summed E-state index contributed by atoms with van der Waals surface area (Å²) in [5, 5.41) is 13.6. The topological polar surface area (TPSA) is 131 Å². The lowest BCUT2D eigenvalue weighted by molar-refractivity contribution is -0.384. The number of hydrogen-bond acceptors (Lipinski definition) is 7. The van der Waals surface area contributed by atoms with E-state index in [1.165, 1.54) is 34.1 Å². The fraction of sp³-hybridized carbons (Fsp3) is 0.571. The minimum absolute atomic E-state index is 0.0439. The molecule has 2 heterocycles. The van der Waals surface area contributed by atoms with Gasteiger partial charge in [0.25, 0.3) is 5.69 Å². The van der Waals surface area contributed by atoms with E-state index in [1.54, 1.807) is 20.8 Å². The Hall–Kier alpha value is -3.37. The van der Waals surface area contributed by atoms with E-state index in [0.717, 1.165) is 0 Å². The summed E-state index contributed by atoms with van der Waals surface area (Å²) in [4.78, 5) is 50.3. The molecule has 32 heavy (non-hydrogen) atoms.